The fraction of sp³-hybridized carbons (Fsp3) is 0.571. The Labute approximate surface area is 97.6 Å². The van der Waals surface area contributed by atoms with E-state index in [1.807, 2.05) is 13.0 Å². The third-order valence-electron chi connectivity index (χ3n) is 2.87. The Hall–Kier alpha value is -1.05. The van der Waals surface area contributed by atoms with Gasteiger partial charge in [0.25, 0.3) is 0 Å². The van der Waals surface area contributed by atoms with Crippen LogP contribution in [0.1, 0.15) is 51.5 Å². The summed E-state index contributed by atoms with van der Waals surface area (Å²) in [5.74, 6) is 0.587. The Morgan fingerprint density at radius 1 is 1.19 bits per heavy atom. The van der Waals surface area contributed by atoms with Crippen LogP contribution in [0.3, 0.4) is 0 Å². The number of hydrogen-bond donors (Lipinski definition) is 0. The molecule has 0 fully saturated rings. The van der Waals surface area contributed by atoms with Gasteiger partial charge in [-0.2, -0.15) is 0 Å². The van der Waals surface area contributed by atoms with Crippen LogP contribution in [-0.4, -0.2) is 6.61 Å². The molecule has 1 aromatic rings. The molecule has 0 saturated heterocycles. The first-order valence-corrected chi connectivity index (χ1v) is 6.15. The van der Waals surface area contributed by atoms with Crippen LogP contribution in [0.25, 0.3) is 0 Å². The van der Waals surface area contributed by atoms with E-state index in [9.17, 15) is 4.39 Å². The first kappa shape index (κ1) is 13.0. The zero-order valence-corrected chi connectivity index (χ0v) is 10.4. The average Bonchev–Trinajstić information content (AvgIpc) is 2.29. The van der Waals surface area contributed by atoms with Crippen molar-refractivity contribution in [2.75, 3.05) is 6.61 Å². The van der Waals surface area contributed by atoms with Gasteiger partial charge < -0.3 is 4.74 Å². The normalized spacial score (nSPS) is 10.8. The van der Waals surface area contributed by atoms with Crippen LogP contribution >= 0.6 is 0 Å². The molecule has 0 amide bonds. The number of ether oxygens (including phenoxy) is 1. The molecule has 16 heavy (non-hydrogen) atoms. The second kappa shape index (κ2) is 6.51. The Balaban J connectivity index is 2.81. The van der Waals surface area contributed by atoms with Crippen molar-refractivity contribution in [2.45, 2.75) is 46.0 Å². The second-order valence-electron chi connectivity index (χ2n) is 4.05. The van der Waals surface area contributed by atoms with Crippen molar-refractivity contribution in [2.24, 2.45) is 0 Å². The third kappa shape index (κ3) is 3.22. The number of benzene rings is 1. The summed E-state index contributed by atoms with van der Waals surface area (Å²) in [4.78, 5) is 0. The van der Waals surface area contributed by atoms with E-state index in [2.05, 4.69) is 13.8 Å². The minimum absolute atomic E-state index is 0.238. The Morgan fingerprint density at radius 2 is 1.88 bits per heavy atom. The predicted molar refractivity (Wildman–Crippen MR) is 65.5 cm³/mol. The molecule has 1 nitrogen and oxygen atoms in total. The van der Waals surface area contributed by atoms with Crippen LogP contribution in [0.4, 0.5) is 4.39 Å². The lowest BCUT2D eigenvalue weighted by molar-refractivity contribution is 0.301. The highest BCUT2D eigenvalue weighted by molar-refractivity contribution is 5.31. The van der Waals surface area contributed by atoms with Gasteiger partial charge in [-0.15, -0.1) is 0 Å². The molecule has 0 N–H and O–H groups in total. The molecule has 0 spiro atoms. The van der Waals surface area contributed by atoms with E-state index in [0.29, 0.717) is 18.3 Å². The Morgan fingerprint density at radius 3 is 2.38 bits per heavy atom. The Bertz CT molecular complexity index is 319. The van der Waals surface area contributed by atoms with Gasteiger partial charge >= 0.3 is 0 Å². The van der Waals surface area contributed by atoms with Crippen LogP contribution in [0, 0.1) is 5.82 Å². The molecule has 2 heteroatoms. The zero-order chi connectivity index (χ0) is 12.0. The van der Waals surface area contributed by atoms with Gasteiger partial charge in [0.05, 0.1) is 6.61 Å². The van der Waals surface area contributed by atoms with E-state index in [0.717, 1.165) is 24.8 Å². The maximum absolute atomic E-state index is 13.7. The minimum atomic E-state index is -0.238. The number of rotatable bonds is 6. The summed E-state index contributed by atoms with van der Waals surface area (Å²) in [6.07, 6.45) is 2.99. The molecule has 1 aromatic carbocycles. The summed E-state index contributed by atoms with van der Waals surface area (Å²) in [5, 5.41) is 0. The fourth-order valence-corrected chi connectivity index (χ4v) is 1.86. The summed E-state index contributed by atoms with van der Waals surface area (Å²) < 4.78 is 19.0. The van der Waals surface area contributed by atoms with Gasteiger partial charge in [0, 0.05) is 0 Å². The lowest BCUT2D eigenvalue weighted by Crippen LogP contribution is -2.00. The molecule has 0 aromatic heterocycles. The second-order valence-corrected chi connectivity index (χ2v) is 4.05. The van der Waals surface area contributed by atoms with E-state index in [-0.39, 0.29) is 5.82 Å². The molecular weight excluding hydrogens is 203 g/mol. The largest absolute Gasteiger partial charge is 0.491 e. The average molecular weight is 224 g/mol. The quantitative estimate of drug-likeness (QED) is 0.690. The van der Waals surface area contributed by atoms with Gasteiger partial charge in [-0.3, -0.25) is 0 Å². The van der Waals surface area contributed by atoms with Gasteiger partial charge in [0.1, 0.15) is 0 Å². The maximum atomic E-state index is 13.7. The lowest BCUT2D eigenvalue weighted by Gasteiger charge is -2.14. The van der Waals surface area contributed by atoms with Crippen LogP contribution in [0.5, 0.6) is 5.75 Å². The van der Waals surface area contributed by atoms with Crippen molar-refractivity contribution < 1.29 is 9.13 Å². The highest BCUT2D eigenvalue weighted by atomic mass is 19.1. The summed E-state index contributed by atoms with van der Waals surface area (Å²) in [7, 11) is 0. The highest BCUT2D eigenvalue weighted by Gasteiger charge is 2.10. The molecule has 0 aliphatic heterocycles. The monoisotopic (exact) mass is 224 g/mol. The van der Waals surface area contributed by atoms with Crippen molar-refractivity contribution in [3.8, 4) is 5.75 Å². The summed E-state index contributed by atoms with van der Waals surface area (Å²) >= 11 is 0. The van der Waals surface area contributed by atoms with E-state index in [4.69, 9.17) is 4.74 Å². The SMILES string of the molecule is CCCOc1ccc(C(CC)CC)cc1F. The first-order chi connectivity index (χ1) is 7.72. The van der Waals surface area contributed by atoms with Gasteiger partial charge in [0.15, 0.2) is 11.6 Å². The van der Waals surface area contributed by atoms with Crippen molar-refractivity contribution >= 4 is 0 Å². The minimum Gasteiger partial charge on any atom is -0.491 e. The van der Waals surface area contributed by atoms with Gasteiger partial charge in [-0.05, 0) is 42.9 Å². The number of halogens is 1. The van der Waals surface area contributed by atoms with Crippen molar-refractivity contribution in [1.29, 1.82) is 0 Å². The molecular formula is C14H21FO. The van der Waals surface area contributed by atoms with E-state index in [1.54, 1.807) is 12.1 Å². The smallest absolute Gasteiger partial charge is 0.165 e. The van der Waals surface area contributed by atoms with Gasteiger partial charge in [-0.1, -0.05) is 26.8 Å². The lowest BCUT2D eigenvalue weighted by atomic mass is 9.94. The summed E-state index contributed by atoms with van der Waals surface area (Å²) in [6, 6.07) is 5.34. The molecule has 0 heterocycles. The van der Waals surface area contributed by atoms with Gasteiger partial charge in [-0.25, -0.2) is 4.39 Å². The highest BCUT2D eigenvalue weighted by Crippen LogP contribution is 2.27. The molecule has 90 valence electrons. The summed E-state index contributed by atoms with van der Waals surface area (Å²) in [6.45, 7) is 6.85. The molecule has 1 rings (SSSR count). The van der Waals surface area contributed by atoms with Crippen molar-refractivity contribution in [3.63, 3.8) is 0 Å². The summed E-state index contributed by atoms with van der Waals surface area (Å²) in [5.41, 5.74) is 1.08. The molecule has 0 atom stereocenters. The van der Waals surface area contributed by atoms with Crippen LogP contribution in [0.15, 0.2) is 18.2 Å². The third-order valence-corrected chi connectivity index (χ3v) is 2.87. The number of hydrogen-bond acceptors (Lipinski definition) is 1. The van der Waals surface area contributed by atoms with E-state index < -0.39 is 0 Å². The van der Waals surface area contributed by atoms with Crippen LogP contribution in [-0.2, 0) is 0 Å². The maximum Gasteiger partial charge on any atom is 0.165 e. The van der Waals surface area contributed by atoms with Crippen molar-refractivity contribution in [3.05, 3.63) is 29.6 Å². The molecule has 0 aliphatic carbocycles. The molecule has 0 saturated carbocycles. The molecule has 0 aliphatic rings. The topological polar surface area (TPSA) is 9.23 Å². The van der Waals surface area contributed by atoms with Crippen LogP contribution < -0.4 is 4.74 Å². The molecule has 0 unspecified atom stereocenters. The zero-order valence-electron chi connectivity index (χ0n) is 10.4. The predicted octanol–water partition coefficient (Wildman–Crippen LogP) is 4.52. The van der Waals surface area contributed by atoms with E-state index >= 15 is 0 Å². The first-order valence-electron chi connectivity index (χ1n) is 6.15. The molecule has 0 radical (unpaired) electrons. The molecule has 0 bridgehead atoms. The standard InChI is InChI=1S/C14H21FO/c1-4-9-16-14-8-7-12(10-13(14)15)11(5-2)6-3/h7-8,10-11H,4-6,9H2,1-3H3. The van der Waals surface area contributed by atoms with Crippen LogP contribution in [0.2, 0.25) is 0 Å². The fourth-order valence-electron chi connectivity index (χ4n) is 1.86. The van der Waals surface area contributed by atoms with Crippen molar-refractivity contribution in [1.82, 2.24) is 0 Å². The van der Waals surface area contributed by atoms with Gasteiger partial charge in [0.2, 0.25) is 0 Å². The Kier molecular flexibility index (Phi) is 5.30. The van der Waals surface area contributed by atoms with E-state index in [1.165, 1.54) is 0 Å².